The maximum atomic E-state index is 12.0. The Morgan fingerprint density at radius 3 is 2.53 bits per heavy atom. The van der Waals surface area contributed by atoms with Crippen LogP contribution in [0.3, 0.4) is 0 Å². The summed E-state index contributed by atoms with van der Waals surface area (Å²) in [6.07, 6.45) is 0.804. The molecule has 7 heteroatoms. The monoisotopic (exact) mass is 269 g/mol. The Hall–Kier alpha value is -1.46. The van der Waals surface area contributed by atoms with Crippen LogP contribution in [-0.4, -0.2) is 60.8 Å². The van der Waals surface area contributed by atoms with Gasteiger partial charge in [-0.25, -0.2) is 4.79 Å². The average Bonchev–Trinajstić information content (AvgIpc) is 2.37. The molecule has 0 atom stereocenters. The van der Waals surface area contributed by atoms with E-state index < -0.39 is 5.60 Å². The van der Waals surface area contributed by atoms with Crippen molar-refractivity contribution in [1.82, 2.24) is 9.80 Å². The summed E-state index contributed by atoms with van der Waals surface area (Å²) in [5, 5.41) is 3.45. The zero-order valence-electron chi connectivity index (χ0n) is 12.0. The second-order valence-corrected chi connectivity index (χ2v) is 5.35. The number of azide groups is 1. The minimum Gasteiger partial charge on any atom is -0.443 e. The molecule has 0 unspecified atom stereocenters. The molecule has 0 radical (unpaired) electrons. The highest BCUT2D eigenvalue weighted by Crippen LogP contribution is 2.13. The molecule has 19 heavy (non-hydrogen) atoms. The number of amides is 1. The van der Waals surface area contributed by atoms with Gasteiger partial charge < -0.3 is 9.64 Å². The fraction of sp³-hybridized carbons (Fsp3) is 0.917. The number of carbonyl (C=O) groups excluding carboxylic acids is 1. The molecule has 108 valence electrons. The molecule has 0 saturated carbocycles. The highest BCUT2D eigenvalue weighted by atomic mass is 16.6. The number of rotatable bonds is 5. The van der Waals surface area contributed by atoms with Crippen molar-refractivity contribution in [3.8, 4) is 0 Å². The number of ether oxygens (including phenoxy) is 1. The smallest absolute Gasteiger partial charge is 0.410 e. The minimum absolute atomic E-state index is 0.144. The largest absolute Gasteiger partial charge is 0.443 e. The van der Waals surface area contributed by atoms with Crippen molar-refractivity contribution >= 4 is 6.09 Å². The van der Waals surface area contributed by atoms with Crippen LogP contribution < -0.4 is 0 Å². The Labute approximate surface area is 114 Å². The molecule has 1 amide bonds. The molecule has 0 aromatic rings. The van der Waals surface area contributed by atoms with E-state index in [1.54, 1.807) is 18.7 Å². The molecule has 0 aromatic carbocycles. The molecule has 0 aromatic heterocycles. The normalized spacial score (nSPS) is 16.9. The Balaban J connectivity index is 2.40. The second-order valence-electron chi connectivity index (χ2n) is 5.35. The molecule has 7 nitrogen and oxygen atoms in total. The molecule has 1 aliphatic heterocycles. The minimum atomic E-state index is -0.760. The zero-order valence-corrected chi connectivity index (χ0v) is 12.0. The van der Waals surface area contributed by atoms with Crippen molar-refractivity contribution in [1.29, 1.82) is 0 Å². The van der Waals surface area contributed by atoms with E-state index in [1.165, 1.54) is 0 Å². The van der Waals surface area contributed by atoms with E-state index in [4.69, 9.17) is 10.3 Å². The van der Waals surface area contributed by atoms with Crippen molar-refractivity contribution in [3.63, 3.8) is 0 Å². The van der Waals surface area contributed by atoms with E-state index in [-0.39, 0.29) is 12.6 Å². The van der Waals surface area contributed by atoms with Crippen LogP contribution in [0.1, 0.15) is 27.2 Å². The number of hydrogen-bond donors (Lipinski definition) is 0. The highest BCUT2D eigenvalue weighted by molar-refractivity contribution is 5.68. The van der Waals surface area contributed by atoms with Crippen molar-refractivity contribution in [3.05, 3.63) is 10.4 Å². The van der Waals surface area contributed by atoms with Crippen LogP contribution in [-0.2, 0) is 4.74 Å². The Morgan fingerprint density at radius 2 is 2.00 bits per heavy atom. The second kappa shape index (κ2) is 7.21. The molecule has 1 saturated heterocycles. The lowest BCUT2D eigenvalue weighted by Crippen LogP contribution is -2.50. The van der Waals surface area contributed by atoms with E-state index in [2.05, 4.69) is 21.8 Å². The van der Waals surface area contributed by atoms with Crippen LogP contribution in [0, 0.1) is 0 Å². The number of nitrogens with zero attached hydrogens (tertiary/aromatic N) is 5. The lowest BCUT2D eigenvalue weighted by atomic mass is 10.1. The van der Waals surface area contributed by atoms with E-state index >= 15 is 0 Å². The predicted octanol–water partition coefficient (Wildman–Crippen LogP) is 2.24. The van der Waals surface area contributed by atoms with Gasteiger partial charge in [-0.1, -0.05) is 12.0 Å². The van der Waals surface area contributed by atoms with Gasteiger partial charge in [-0.05, 0) is 32.3 Å². The number of piperazine rings is 1. The van der Waals surface area contributed by atoms with Gasteiger partial charge in [0.05, 0.1) is 6.54 Å². The van der Waals surface area contributed by atoms with E-state index in [0.717, 1.165) is 26.1 Å². The van der Waals surface area contributed by atoms with Crippen molar-refractivity contribution in [2.45, 2.75) is 32.8 Å². The number of hydrogen-bond acceptors (Lipinski definition) is 4. The van der Waals surface area contributed by atoms with Gasteiger partial charge in [-0.15, -0.1) is 0 Å². The molecule has 0 spiro atoms. The predicted molar refractivity (Wildman–Crippen MR) is 72.9 cm³/mol. The SMILES string of the molecule is CCCN1CCN(C(=O)OC(C)(C)CN=[N+]=[N-])CC1. The summed E-state index contributed by atoms with van der Waals surface area (Å²) in [6.45, 7) is 10.0. The van der Waals surface area contributed by atoms with Crippen LogP contribution in [0.4, 0.5) is 4.79 Å². The molecule has 0 aliphatic carbocycles. The standard InChI is InChI=1S/C12H23N5O2/c1-4-5-16-6-8-17(9-7-16)11(18)19-12(2,3)10-14-15-13/h4-10H2,1-3H3. The third kappa shape index (κ3) is 5.36. The molecule has 1 rings (SSSR count). The lowest BCUT2D eigenvalue weighted by Gasteiger charge is -2.35. The molecule has 1 heterocycles. The van der Waals surface area contributed by atoms with Crippen LogP contribution in [0.5, 0.6) is 0 Å². The maximum Gasteiger partial charge on any atom is 0.410 e. The van der Waals surface area contributed by atoms with Gasteiger partial charge in [0, 0.05) is 31.1 Å². The number of carbonyl (C=O) groups is 1. The first-order valence-corrected chi connectivity index (χ1v) is 6.69. The summed E-state index contributed by atoms with van der Waals surface area (Å²) >= 11 is 0. The summed E-state index contributed by atoms with van der Waals surface area (Å²) in [6, 6.07) is 0. The topological polar surface area (TPSA) is 81.5 Å². The maximum absolute atomic E-state index is 12.0. The summed E-state index contributed by atoms with van der Waals surface area (Å²) < 4.78 is 5.38. The first-order chi connectivity index (χ1) is 8.98. The van der Waals surface area contributed by atoms with Gasteiger partial charge in [0.1, 0.15) is 5.60 Å². The van der Waals surface area contributed by atoms with Gasteiger partial charge in [-0.3, -0.25) is 4.90 Å². The van der Waals surface area contributed by atoms with Crippen molar-refractivity contribution in [2.24, 2.45) is 5.11 Å². The summed E-state index contributed by atoms with van der Waals surface area (Å²) in [7, 11) is 0. The van der Waals surface area contributed by atoms with E-state index in [9.17, 15) is 4.79 Å². The molecule has 0 N–H and O–H groups in total. The van der Waals surface area contributed by atoms with Gasteiger partial charge in [-0.2, -0.15) is 0 Å². The third-order valence-electron chi connectivity index (χ3n) is 3.05. The highest BCUT2D eigenvalue weighted by Gasteiger charge is 2.27. The van der Waals surface area contributed by atoms with Crippen molar-refractivity contribution < 1.29 is 9.53 Å². The van der Waals surface area contributed by atoms with Gasteiger partial charge in [0.25, 0.3) is 0 Å². The third-order valence-corrected chi connectivity index (χ3v) is 3.05. The van der Waals surface area contributed by atoms with Gasteiger partial charge in [0.15, 0.2) is 0 Å². The molecular formula is C12H23N5O2. The summed E-state index contributed by atoms with van der Waals surface area (Å²) in [5.41, 5.74) is 7.53. The van der Waals surface area contributed by atoms with Gasteiger partial charge in [0.2, 0.25) is 0 Å². The zero-order chi connectivity index (χ0) is 14.3. The fourth-order valence-electron chi connectivity index (χ4n) is 2.01. The first kappa shape index (κ1) is 15.6. The van der Waals surface area contributed by atoms with Gasteiger partial charge >= 0.3 is 6.09 Å². The van der Waals surface area contributed by atoms with Crippen LogP contribution in [0.2, 0.25) is 0 Å². The molecule has 1 fully saturated rings. The molecule has 0 bridgehead atoms. The summed E-state index contributed by atoms with van der Waals surface area (Å²) in [5.74, 6) is 0. The fourth-order valence-corrected chi connectivity index (χ4v) is 2.01. The van der Waals surface area contributed by atoms with Crippen LogP contribution in [0.25, 0.3) is 10.4 Å². The van der Waals surface area contributed by atoms with Crippen LogP contribution in [0.15, 0.2) is 5.11 Å². The van der Waals surface area contributed by atoms with Crippen LogP contribution >= 0.6 is 0 Å². The Kier molecular flexibility index (Phi) is 5.92. The van der Waals surface area contributed by atoms with E-state index in [1.807, 2.05) is 0 Å². The molecule has 1 aliphatic rings. The van der Waals surface area contributed by atoms with Crippen molar-refractivity contribution in [2.75, 3.05) is 39.3 Å². The Bertz CT molecular complexity index is 344. The first-order valence-electron chi connectivity index (χ1n) is 6.69. The molecular weight excluding hydrogens is 246 g/mol. The summed E-state index contributed by atoms with van der Waals surface area (Å²) in [4.78, 5) is 18.7. The van der Waals surface area contributed by atoms with E-state index in [0.29, 0.717) is 13.1 Å². The lowest BCUT2D eigenvalue weighted by molar-refractivity contribution is 0.00945. The Morgan fingerprint density at radius 1 is 1.37 bits per heavy atom. The average molecular weight is 269 g/mol. The quantitative estimate of drug-likeness (QED) is 0.436.